The molecule has 0 spiro atoms. The molecule has 3 aromatic carbocycles. The highest BCUT2D eigenvalue weighted by Gasteiger charge is 2.36. The average Bonchev–Trinajstić information content (AvgIpc) is 2.78. The maximum atomic E-state index is 11.9. The van der Waals surface area contributed by atoms with Crippen LogP contribution < -0.4 is 4.74 Å². The van der Waals surface area contributed by atoms with Crippen molar-refractivity contribution in [2.75, 3.05) is 7.05 Å². The summed E-state index contributed by atoms with van der Waals surface area (Å²) in [5.74, 6) is 0.246. The molecule has 3 aromatic rings. The Bertz CT molecular complexity index is 1050. The fourth-order valence-electron chi connectivity index (χ4n) is 4.33. The standard InChI is InChI=1S/C25H26N2O4.ClH/c1-26(16-18-8-4-2-5-9-18)22-14-12-20-21(25(22)28)13-15-23(24(20)27(29)30)31-17-19-10-6-3-7-11-19;/h2-11,13,15,22,25,28H,12,14,16-17H2,1H3;1H/t22-,25-;/m1./s1. The number of hydrogen-bond donors (Lipinski definition) is 1. The van der Waals surface area contributed by atoms with E-state index in [1.165, 1.54) is 5.56 Å². The van der Waals surface area contributed by atoms with E-state index < -0.39 is 6.10 Å². The molecule has 0 radical (unpaired) electrons. The van der Waals surface area contributed by atoms with E-state index in [2.05, 4.69) is 17.0 Å². The predicted molar refractivity (Wildman–Crippen MR) is 126 cm³/mol. The van der Waals surface area contributed by atoms with Gasteiger partial charge in [0, 0.05) is 18.2 Å². The first-order chi connectivity index (χ1) is 15.0. The fraction of sp³-hybridized carbons (Fsp3) is 0.280. The minimum Gasteiger partial charge on any atom is -0.482 e. The summed E-state index contributed by atoms with van der Waals surface area (Å²) in [6.45, 7) is 0.962. The van der Waals surface area contributed by atoms with Crippen molar-refractivity contribution in [1.82, 2.24) is 4.90 Å². The van der Waals surface area contributed by atoms with Crippen molar-refractivity contribution in [1.29, 1.82) is 0 Å². The zero-order valence-corrected chi connectivity index (χ0v) is 18.7. The van der Waals surface area contributed by atoms with Gasteiger partial charge >= 0.3 is 5.69 Å². The fourth-order valence-corrected chi connectivity index (χ4v) is 4.33. The van der Waals surface area contributed by atoms with Crippen LogP contribution in [0.3, 0.4) is 0 Å². The molecule has 0 heterocycles. The third-order valence-electron chi connectivity index (χ3n) is 5.92. The van der Waals surface area contributed by atoms with Gasteiger partial charge in [-0.05, 0) is 42.6 Å². The maximum Gasteiger partial charge on any atom is 0.314 e. The van der Waals surface area contributed by atoms with Crippen LogP contribution in [0.2, 0.25) is 0 Å². The van der Waals surface area contributed by atoms with Gasteiger partial charge < -0.3 is 9.84 Å². The maximum absolute atomic E-state index is 11.9. The number of aliphatic hydroxyl groups is 1. The lowest BCUT2D eigenvalue weighted by Gasteiger charge is -2.36. The number of halogens is 1. The Morgan fingerprint density at radius 2 is 1.66 bits per heavy atom. The Morgan fingerprint density at radius 1 is 1.03 bits per heavy atom. The van der Waals surface area contributed by atoms with E-state index in [9.17, 15) is 15.2 Å². The van der Waals surface area contributed by atoms with Crippen LogP contribution in [-0.4, -0.2) is 28.0 Å². The number of benzene rings is 3. The second kappa shape index (κ2) is 10.6. The van der Waals surface area contributed by atoms with Gasteiger partial charge in [-0.25, -0.2) is 0 Å². The van der Waals surface area contributed by atoms with Gasteiger partial charge in [0.1, 0.15) is 6.61 Å². The Balaban J connectivity index is 0.00000289. The van der Waals surface area contributed by atoms with E-state index in [0.717, 1.165) is 5.56 Å². The van der Waals surface area contributed by atoms with E-state index in [4.69, 9.17) is 4.74 Å². The SMILES string of the molecule is CN(Cc1ccccc1)[C@@H]1CCc2c(ccc(OCc3ccccc3)c2[N+](=O)[O-])[C@H]1O.Cl. The van der Waals surface area contributed by atoms with Gasteiger partial charge in [-0.3, -0.25) is 15.0 Å². The number of nitrogens with zero attached hydrogens (tertiary/aromatic N) is 2. The van der Waals surface area contributed by atoms with Gasteiger partial charge in [0.25, 0.3) is 0 Å². The summed E-state index contributed by atoms with van der Waals surface area (Å²) in [5, 5.41) is 23.0. The molecule has 32 heavy (non-hydrogen) atoms. The summed E-state index contributed by atoms with van der Waals surface area (Å²) in [5.41, 5.74) is 3.27. The molecule has 0 fully saturated rings. The number of rotatable bonds is 7. The molecule has 0 bridgehead atoms. The van der Waals surface area contributed by atoms with Crippen LogP contribution >= 0.6 is 12.4 Å². The molecule has 0 aliphatic heterocycles. The minimum atomic E-state index is -0.792. The van der Waals surface area contributed by atoms with Gasteiger partial charge in [-0.15, -0.1) is 12.4 Å². The molecule has 168 valence electrons. The lowest BCUT2D eigenvalue weighted by atomic mass is 9.84. The van der Waals surface area contributed by atoms with Crippen LogP contribution in [0, 0.1) is 10.1 Å². The van der Waals surface area contributed by atoms with Gasteiger partial charge in [0.05, 0.1) is 11.0 Å². The number of nitro groups is 1. The van der Waals surface area contributed by atoms with Crippen LogP contribution in [0.4, 0.5) is 5.69 Å². The molecule has 2 atom stereocenters. The van der Waals surface area contributed by atoms with Crippen LogP contribution in [0.15, 0.2) is 72.8 Å². The number of nitro benzene ring substituents is 1. The average molecular weight is 455 g/mol. The van der Waals surface area contributed by atoms with Gasteiger partial charge in [0.15, 0.2) is 5.75 Å². The van der Waals surface area contributed by atoms with Crippen molar-refractivity contribution >= 4 is 18.1 Å². The van der Waals surface area contributed by atoms with Crippen molar-refractivity contribution in [3.05, 3.63) is 105 Å². The van der Waals surface area contributed by atoms with Crippen molar-refractivity contribution in [2.45, 2.75) is 38.1 Å². The Labute approximate surface area is 194 Å². The number of likely N-dealkylation sites (N-methyl/N-ethyl adjacent to an activating group) is 1. The molecule has 0 aromatic heterocycles. The summed E-state index contributed by atoms with van der Waals surface area (Å²) in [6, 6.07) is 22.9. The Kier molecular flexibility index (Phi) is 7.85. The molecule has 0 saturated heterocycles. The summed E-state index contributed by atoms with van der Waals surface area (Å²) in [6.07, 6.45) is 0.370. The molecular formula is C25H27ClN2O4. The zero-order chi connectivity index (χ0) is 21.8. The highest BCUT2D eigenvalue weighted by Crippen LogP contribution is 2.42. The molecule has 0 amide bonds. The van der Waals surface area contributed by atoms with Gasteiger partial charge in [-0.1, -0.05) is 66.7 Å². The molecule has 6 nitrogen and oxygen atoms in total. The van der Waals surface area contributed by atoms with Gasteiger partial charge in [0.2, 0.25) is 0 Å². The first-order valence-corrected chi connectivity index (χ1v) is 10.4. The van der Waals surface area contributed by atoms with Crippen LogP contribution in [-0.2, 0) is 19.6 Å². The van der Waals surface area contributed by atoms with E-state index >= 15 is 0 Å². The van der Waals surface area contributed by atoms with Gasteiger partial charge in [-0.2, -0.15) is 0 Å². The molecule has 0 saturated carbocycles. The number of ether oxygens (including phenoxy) is 1. The van der Waals surface area contributed by atoms with Crippen LogP contribution in [0.1, 0.15) is 34.8 Å². The molecule has 7 heteroatoms. The summed E-state index contributed by atoms with van der Waals surface area (Å²) in [4.78, 5) is 13.6. The Morgan fingerprint density at radius 3 is 2.28 bits per heavy atom. The molecule has 4 rings (SSSR count). The van der Waals surface area contributed by atoms with Crippen molar-refractivity contribution in [3.8, 4) is 5.75 Å². The monoisotopic (exact) mass is 454 g/mol. The Hall–Kier alpha value is -2.93. The largest absolute Gasteiger partial charge is 0.482 e. The second-order valence-corrected chi connectivity index (χ2v) is 7.96. The van der Waals surface area contributed by atoms with Crippen molar-refractivity contribution in [2.24, 2.45) is 0 Å². The summed E-state index contributed by atoms with van der Waals surface area (Å²) in [7, 11) is 1.98. The summed E-state index contributed by atoms with van der Waals surface area (Å²) < 4.78 is 5.81. The smallest absolute Gasteiger partial charge is 0.314 e. The number of hydrogen-bond acceptors (Lipinski definition) is 5. The zero-order valence-electron chi connectivity index (χ0n) is 17.9. The van der Waals surface area contributed by atoms with E-state index in [1.54, 1.807) is 12.1 Å². The molecule has 0 unspecified atom stereocenters. The third-order valence-corrected chi connectivity index (χ3v) is 5.92. The van der Waals surface area contributed by atoms with E-state index in [-0.39, 0.29) is 41.4 Å². The lowest BCUT2D eigenvalue weighted by molar-refractivity contribution is -0.386. The second-order valence-electron chi connectivity index (χ2n) is 7.96. The predicted octanol–water partition coefficient (Wildman–Crippen LogP) is 5.08. The topological polar surface area (TPSA) is 75.8 Å². The third kappa shape index (κ3) is 5.10. The highest BCUT2D eigenvalue weighted by atomic mass is 35.5. The van der Waals surface area contributed by atoms with Crippen LogP contribution in [0.25, 0.3) is 0 Å². The quantitative estimate of drug-likeness (QED) is 0.398. The highest BCUT2D eigenvalue weighted by molar-refractivity contribution is 5.85. The molecule has 1 N–H and O–H groups in total. The van der Waals surface area contributed by atoms with E-state index in [1.807, 2.05) is 55.6 Å². The number of aliphatic hydroxyl groups excluding tert-OH is 1. The summed E-state index contributed by atoms with van der Waals surface area (Å²) >= 11 is 0. The number of fused-ring (bicyclic) bond motifs is 1. The molecule has 1 aliphatic carbocycles. The first kappa shape index (κ1) is 23.7. The first-order valence-electron chi connectivity index (χ1n) is 10.4. The molecular weight excluding hydrogens is 428 g/mol. The van der Waals surface area contributed by atoms with Crippen molar-refractivity contribution in [3.63, 3.8) is 0 Å². The lowest BCUT2D eigenvalue weighted by Crippen LogP contribution is -2.39. The van der Waals surface area contributed by atoms with Crippen LogP contribution in [0.5, 0.6) is 5.75 Å². The van der Waals surface area contributed by atoms with E-state index in [0.29, 0.717) is 30.5 Å². The minimum absolute atomic E-state index is 0. The van der Waals surface area contributed by atoms with Crippen molar-refractivity contribution < 1.29 is 14.8 Å². The molecule has 1 aliphatic rings. The normalized spacial score (nSPS) is 17.3.